The molecule has 15 rings (SSSR count). The Bertz CT molecular complexity index is 4830. The van der Waals surface area contributed by atoms with Crippen LogP contribution in [0.2, 0.25) is 0 Å². The number of benzene rings is 5. The van der Waals surface area contributed by atoms with Crippen LogP contribution in [-0.4, -0.2) is 77.0 Å². The Hall–Kier alpha value is -11.6. The predicted molar refractivity (Wildman–Crippen MR) is 333 cm³/mol. The van der Waals surface area contributed by atoms with E-state index in [-0.39, 0.29) is 39.0 Å². The third-order valence-electron chi connectivity index (χ3n) is 14.1. The zero-order valence-corrected chi connectivity index (χ0v) is 54.0. The van der Waals surface area contributed by atoms with Crippen LogP contribution in [0.25, 0.3) is 145 Å². The van der Waals surface area contributed by atoms with E-state index in [2.05, 4.69) is 55.3 Å². The van der Waals surface area contributed by atoms with Gasteiger partial charge in [0.05, 0.1) is 34.4 Å². The molecule has 0 saturated heterocycles. The van der Waals surface area contributed by atoms with Gasteiger partial charge in [0.25, 0.3) is 11.9 Å². The number of carbonyl (C=O) groups is 2. The first-order valence-electron chi connectivity index (χ1n) is 27.2. The molecule has 0 unspecified atom stereocenters. The summed E-state index contributed by atoms with van der Waals surface area (Å²) in [4.78, 5) is 81.5. The van der Waals surface area contributed by atoms with Gasteiger partial charge < -0.3 is 40.1 Å². The average molecular weight is 1280 g/mol. The van der Waals surface area contributed by atoms with Gasteiger partial charge in [-0.1, -0.05) is 84.9 Å². The number of rotatable bonds is 5. The Morgan fingerprint density at radius 2 is 0.656 bits per heavy atom. The van der Waals surface area contributed by atoms with Crippen LogP contribution >= 0.6 is 0 Å². The van der Waals surface area contributed by atoms with Crippen LogP contribution < -0.4 is 9.97 Å². The topological polar surface area (TPSA) is 292 Å². The molecule has 8 aromatic heterocycles. The Kier molecular flexibility index (Phi) is 18.7. The number of nitriles is 2. The van der Waals surface area contributed by atoms with E-state index >= 15 is 0 Å². The van der Waals surface area contributed by atoms with E-state index in [9.17, 15) is 0 Å². The van der Waals surface area contributed by atoms with Gasteiger partial charge >= 0.3 is 19.5 Å². The standard InChI is InChI=1S/C52H28N12.C13H7N3.2C2H4O2.2Zn/c1-5-33(29-13-21-53-22-14-29)41-37(9-1)45-57-49(41)62-46-39-11-3-7-35(31-17-25-55-26-18-31)43(39)51(59-46)64-48-40-12-4-8-36(32-19-27-56-28-20-32)44(40)52(60-48)63-47-38-10-2-6-34(30-15-23-54-24-16-30)42(38)50(58-47)61-45;14-8-11-2-1-3-12(13(11)9-15)10-4-6-16-7-5-10;2*1-2(3)4;;/h1-28H;1-7H;2*1H3,(H,3,4);;/q-2;;;;;+2. The summed E-state index contributed by atoms with van der Waals surface area (Å²) in [6.45, 7) is 2.17. The fraction of sp³-hybridized carbons (Fsp3) is 0.0290. The summed E-state index contributed by atoms with van der Waals surface area (Å²) >= 11 is 0. The molecule has 0 fully saturated rings. The SMILES string of the molecule is CC(=O)O.CC(=O)O.N#Cc1cccc(-c2ccncc2)c1C#N.[Zn+2].[Zn].c1cc(-c2ccncc2)c2c(c1)-c1nc-2nc2[n-]c(nc3nc(nc4[n-]c(n1)c1c(-c5ccncc5)cccc41)-c1c(-c4ccncc4)cccc1-3)c1c(-c3ccncc3)cccc21. The van der Waals surface area contributed by atoms with E-state index in [4.69, 9.17) is 70.2 Å². The van der Waals surface area contributed by atoms with Crippen molar-refractivity contribution in [3.8, 4) is 113 Å². The molecule has 0 spiro atoms. The quantitative estimate of drug-likeness (QED) is 0.151. The second-order valence-corrected chi connectivity index (χ2v) is 19.6. The van der Waals surface area contributed by atoms with Crippen molar-refractivity contribution in [3.63, 3.8) is 0 Å². The molecular weight excluding hydrogens is 1230 g/mol. The first kappa shape index (κ1) is 61.5. The minimum atomic E-state index is -0.833. The molecule has 0 saturated carbocycles. The molecule has 422 valence electrons. The Morgan fingerprint density at radius 1 is 0.367 bits per heavy atom. The van der Waals surface area contributed by atoms with Crippen LogP contribution in [0.15, 0.2) is 214 Å². The Morgan fingerprint density at radius 3 is 1.01 bits per heavy atom. The third-order valence-corrected chi connectivity index (χ3v) is 14.1. The van der Waals surface area contributed by atoms with E-state index < -0.39 is 11.9 Å². The predicted octanol–water partition coefficient (Wildman–Crippen LogP) is 13.0. The monoisotopic (exact) mass is 1270 g/mol. The molecule has 0 atom stereocenters. The Balaban J connectivity index is 0.000000290. The van der Waals surface area contributed by atoms with Crippen molar-refractivity contribution in [1.82, 2.24) is 64.8 Å². The number of aliphatic carboxylic acids is 2. The van der Waals surface area contributed by atoms with E-state index in [0.29, 0.717) is 57.0 Å². The number of pyridine rings is 5. The van der Waals surface area contributed by atoms with Crippen LogP contribution in [0.3, 0.4) is 0 Å². The molecular formula is C69H43N15O4Zn2. The van der Waals surface area contributed by atoms with Gasteiger partial charge in [-0.15, -0.1) is 0 Å². The maximum absolute atomic E-state index is 9.07. The van der Waals surface area contributed by atoms with E-state index in [1.165, 1.54) is 0 Å². The number of hydrogen-bond acceptors (Lipinski definition) is 15. The van der Waals surface area contributed by atoms with E-state index in [1.807, 2.05) is 121 Å². The zero-order chi connectivity index (χ0) is 60.7. The summed E-state index contributed by atoms with van der Waals surface area (Å²) < 4.78 is 0. The molecule has 19 nitrogen and oxygen atoms in total. The number of carboxylic acid groups (broad SMARTS) is 2. The van der Waals surface area contributed by atoms with Gasteiger partial charge in [0, 0.05) is 156 Å². The fourth-order valence-electron chi connectivity index (χ4n) is 10.5. The van der Waals surface area contributed by atoms with Crippen molar-refractivity contribution in [1.29, 1.82) is 10.5 Å². The summed E-state index contributed by atoms with van der Waals surface area (Å²) in [6, 6.07) is 53.3. The maximum Gasteiger partial charge on any atom is 2.00 e. The van der Waals surface area contributed by atoms with Crippen LogP contribution in [0, 0.1) is 22.7 Å². The molecule has 0 amide bonds. The molecule has 2 aliphatic rings. The summed E-state index contributed by atoms with van der Waals surface area (Å²) in [6.07, 6.45) is 17.6. The van der Waals surface area contributed by atoms with Gasteiger partial charge in [-0.3, -0.25) is 34.5 Å². The molecule has 5 aromatic carbocycles. The van der Waals surface area contributed by atoms with Gasteiger partial charge in [0.15, 0.2) is 0 Å². The van der Waals surface area contributed by atoms with Crippen LogP contribution in [-0.2, 0) is 48.5 Å². The van der Waals surface area contributed by atoms with Gasteiger partial charge in [0.1, 0.15) is 12.1 Å². The summed E-state index contributed by atoms with van der Waals surface area (Å²) in [5.41, 5.74) is 15.2. The van der Waals surface area contributed by atoms with Gasteiger partial charge in [-0.25, -0.2) is 9.97 Å². The fourth-order valence-corrected chi connectivity index (χ4v) is 10.5. The van der Waals surface area contributed by atoms with E-state index in [1.54, 1.807) is 74.1 Å². The second kappa shape index (κ2) is 27.4. The maximum atomic E-state index is 9.07. The molecule has 2 N–H and O–H groups in total. The summed E-state index contributed by atoms with van der Waals surface area (Å²) in [5.74, 6) is 0.184. The summed E-state index contributed by atoms with van der Waals surface area (Å²) in [7, 11) is 0. The molecule has 2 aliphatic heterocycles. The first-order valence-corrected chi connectivity index (χ1v) is 27.2. The number of nitrogens with zero attached hydrogens (tertiary/aromatic N) is 15. The number of fused-ring (bicyclic) bond motifs is 20. The number of aromatic nitrogens is 13. The second-order valence-electron chi connectivity index (χ2n) is 19.6. The van der Waals surface area contributed by atoms with Crippen LogP contribution in [0.5, 0.6) is 0 Å². The van der Waals surface area contributed by atoms with Crippen molar-refractivity contribution in [2.24, 2.45) is 0 Å². The minimum absolute atomic E-state index is 0. The minimum Gasteiger partial charge on any atom is -0.481 e. The smallest absolute Gasteiger partial charge is 0.481 e. The number of hydrogen-bond donors (Lipinski definition) is 2. The zero-order valence-electron chi connectivity index (χ0n) is 48.0. The van der Waals surface area contributed by atoms with Gasteiger partial charge in [-0.2, -0.15) is 10.5 Å². The number of carboxylic acids is 2. The first-order chi connectivity index (χ1) is 43.1. The van der Waals surface area contributed by atoms with Gasteiger partial charge in [0.2, 0.25) is 0 Å². The van der Waals surface area contributed by atoms with Crippen molar-refractivity contribution in [3.05, 3.63) is 225 Å². The molecule has 10 heterocycles. The molecule has 13 aromatic rings. The van der Waals surface area contributed by atoms with Crippen LogP contribution in [0.1, 0.15) is 25.0 Å². The van der Waals surface area contributed by atoms with E-state index in [0.717, 1.165) is 113 Å². The average Bonchev–Trinajstić information content (AvgIpc) is 1.65. The van der Waals surface area contributed by atoms with Crippen molar-refractivity contribution in [2.75, 3.05) is 0 Å². The molecule has 21 heteroatoms. The molecule has 90 heavy (non-hydrogen) atoms. The Labute approximate surface area is 538 Å². The van der Waals surface area contributed by atoms with Crippen molar-refractivity contribution < 1.29 is 58.8 Å². The summed E-state index contributed by atoms with van der Waals surface area (Å²) in [5, 5.41) is 36.1. The molecule has 0 radical (unpaired) electrons. The van der Waals surface area contributed by atoms with Crippen molar-refractivity contribution in [2.45, 2.75) is 13.8 Å². The van der Waals surface area contributed by atoms with Crippen molar-refractivity contribution >= 4 is 56.1 Å². The molecule has 8 bridgehead atoms. The third kappa shape index (κ3) is 12.5. The largest absolute Gasteiger partial charge is 2.00 e. The van der Waals surface area contributed by atoms with Crippen LogP contribution in [0.4, 0.5) is 0 Å². The molecule has 0 aliphatic carbocycles. The normalized spacial score (nSPS) is 10.5. The van der Waals surface area contributed by atoms with Gasteiger partial charge in [-0.05, 0) is 128 Å².